The molecular formula is C18H14N4OS. The van der Waals surface area contributed by atoms with Crippen LogP contribution in [0.15, 0.2) is 60.7 Å². The molecule has 2 aromatic carbocycles. The molecule has 0 radical (unpaired) electrons. The Morgan fingerprint density at radius 3 is 2.58 bits per heavy atom. The van der Waals surface area contributed by atoms with Crippen LogP contribution in [-0.4, -0.2) is 20.7 Å². The van der Waals surface area contributed by atoms with Crippen LogP contribution < -0.4 is 5.32 Å². The van der Waals surface area contributed by atoms with Gasteiger partial charge in [0.2, 0.25) is 5.13 Å². The maximum absolute atomic E-state index is 12.6. The Morgan fingerprint density at radius 1 is 1.04 bits per heavy atom. The van der Waals surface area contributed by atoms with E-state index in [-0.39, 0.29) is 5.91 Å². The van der Waals surface area contributed by atoms with Crippen molar-refractivity contribution in [1.82, 2.24) is 14.8 Å². The van der Waals surface area contributed by atoms with Gasteiger partial charge in [-0.1, -0.05) is 59.9 Å². The van der Waals surface area contributed by atoms with Crippen LogP contribution in [0.1, 0.15) is 10.5 Å². The molecule has 4 rings (SSSR count). The first kappa shape index (κ1) is 14.6. The molecule has 0 fully saturated rings. The van der Waals surface area contributed by atoms with Crippen molar-refractivity contribution in [1.29, 1.82) is 0 Å². The number of nitrogens with zero attached hydrogens (tertiary/aromatic N) is 3. The molecule has 0 aliphatic rings. The van der Waals surface area contributed by atoms with E-state index in [0.717, 1.165) is 21.5 Å². The number of hydrogen-bond acceptors (Lipinski definition) is 4. The number of amides is 1. The van der Waals surface area contributed by atoms with Crippen LogP contribution >= 0.6 is 11.3 Å². The van der Waals surface area contributed by atoms with Gasteiger partial charge in [-0.05, 0) is 12.1 Å². The number of hydrogen-bond donors (Lipinski definition) is 1. The lowest BCUT2D eigenvalue weighted by Crippen LogP contribution is -2.15. The molecular weight excluding hydrogens is 320 g/mol. The molecule has 0 atom stereocenters. The largest absolute Gasteiger partial charge is 0.340 e. The first-order valence-electron chi connectivity index (χ1n) is 7.47. The van der Waals surface area contributed by atoms with Gasteiger partial charge in [0.1, 0.15) is 10.7 Å². The zero-order valence-electron chi connectivity index (χ0n) is 12.9. The molecule has 118 valence electrons. The van der Waals surface area contributed by atoms with Gasteiger partial charge in [-0.2, -0.15) is 0 Å². The van der Waals surface area contributed by atoms with E-state index in [1.54, 1.807) is 0 Å². The first-order chi connectivity index (χ1) is 11.7. The number of nitrogens with one attached hydrogen (secondary N) is 1. The number of benzene rings is 2. The maximum Gasteiger partial charge on any atom is 0.274 e. The Bertz CT molecular complexity index is 1020. The molecule has 0 aliphatic carbocycles. The van der Waals surface area contributed by atoms with Crippen LogP contribution in [0.5, 0.6) is 0 Å². The predicted molar refractivity (Wildman–Crippen MR) is 96.2 cm³/mol. The maximum atomic E-state index is 12.6. The van der Waals surface area contributed by atoms with Crippen molar-refractivity contribution in [2.75, 3.05) is 5.32 Å². The molecule has 0 saturated heterocycles. The minimum absolute atomic E-state index is 0.190. The Morgan fingerprint density at radius 2 is 1.79 bits per heavy atom. The van der Waals surface area contributed by atoms with Gasteiger partial charge in [-0.15, -0.1) is 10.2 Å². The van der Waals surface area contributed by atoms with Crippen molar-refractivity contribution < 1.29 is 4.79 Å². The monoisotopic (exact) mass is 334 g/mol. The zero-order chi connectivity index (χ0) is 16.5. The van der Waals surface area contributed by atoms with Crippen molar-refractivity contribution in [2.24, 2.45) is 7.05 Å². The van der Waals surface area contributed by atoms with Gasteiger partial charge >= 0.3 is 0 Å². The molecule has 2 aromatic heterocycles. The van der Waals surface area contributed by atoms with Crippen molar-refractivity contribution in [2.45, 2.75) is 0 Å². The van der Waals surface area contributed by atoms with E-state index in [1.807, 2.05) is 72.3 Å². The molecule has 5 nitrogen and oxygen atoms in total. The predicted octanol–water partition coefficient (Wildman–Crippen LogP) is 3.95. The molecule has 0 bridgehead atoms. The highest BCUT2D eigenvalue weighted by Gasteiger charge is 2.15. The van der Waals surface area contributed by atoms with E-state index in [9.17, 15) is 4.79 Å². The number of para-hydroxylation sites is 1. The van der Waals surface area contributed by atoms with E-state index in [0.29, 0.717) is 10.8 Å². The quantitative estimate of drug-likeness (QED) is 0.617. The summed E-state index contributed by atoms with van der Waals surface area (Å²) in [4.78, 5) is 12.6. The minimum atomic E-state index is -0.190. The summed E-state index contributed by atoms with van der Waals surface area (Å²) in [6, 6.07) is 19.6. The Kier molecular flexibility index (Phi) is 3.59. The van der Waals surface area contributed by atoms with Gasteiger partial charge in [-0.25, -0.2) is 0 Å². The van der Waals surface area contributed by atoms with Crippen LogP contribution in [0.4, 0.5) is 5.13 Å². The lowest BCUT2D eigenvalue weighted by Gasteiger charge is -2.03. The third-order valence-electron chi connectivity index (χ3n) is 3.85. The van der Waals surface area contributed by atoms with E-state index >= 15 is 0 Å². The van der Waals surface area contributed by atoms with Crippen molar-refractivity contribution >= 4 is 33.3 Å². The smallest absolute Gasteiger partial charge is 0.274 e. The summed E-state index contributed by atoms with van der Waals surface area (Å²) in [6.07, 6.45) is 0. The van der Waals surface area contributed by atoms with Crippen LogP contribution in [0.25, 0.3) is 21.5 Å². The van der Waals surface area contributed by atoms with Crippen molar-refractivity contribution in [3.8, 4) is 10.6 Å². The Labute approximate surface area is 142 Å². The fourth-order valence-corrected chi connectivity index (χ4v) is 3.38. The number of carbonyl (C=O) groups is 1. The summed E-state index contributed by atoms with van der Waals surface area (Å²) in [6.45, 7) is 0. The second-order valence-electron chi connectivity index (χ2n) is 5.38. The standard InChI is InChI=1S/C18H14N4OS/c1-22-14-10-6-5-9-13(14)11-15(22)16(23)19-18-21-20-17(24-18)12-7-3-2-4-8-12/h2-11H,1H3,(H,19,21,23). The number of rotatable bonds is 3. The van der Waals surface area contributed by atoms with Crippen molar-refractivity contribution in [3.05, 3.63) is 66.4 Å². The SMILES string of the molecule is Cn1c(C(=O)Nc2nnc(-c3ccccc3)s2)cc2ccccc21. The molecule has 0 saturated carbocycles. The molecule has 0 spiro atoms. The van der Waals surface area contributed by atoms with E-state index < -0.39 is 0 Å². The van der Waals surface area contributed by atoms with Crippen LogP contribution in [0, 0.1) is 0 Å². The molecule has 2 heterocycles. The molecule has 0 aliphatic heterocycles. The first-order valence-corrected chi connectivity index (χ1v) is 8.29. The third kappa shape index (κ3) is 2.57. The summed E-state index contributed by atoms with van der Waals surface area (Å²) in [7, 11) is 1.88. The zero-order valence-corrected chi connectivity index (χ0v) is 13.7. The molecule has 1 amide bonds. The van der Waals surface area contributed by atoms with Gasteiger partial charge in [-0.3, -0.25) is 10.1 Å². The molecule has 1 N–H and O–H groups in total. The fraction of sp³-hybridized carbons (Fsp3) is 0.0556. The lowest BCUT2D eigenvalue weighted by atomic mass is 10.2. The lowest BCUT2D eigenvalue weighted by molar-refractivity contribution is 0.101. The second-order valence-corrected chi connectivity index (χ2v) is 6.36. The number of aromatic nitrogens is 3. The van der Waals surface area contributed by atoms with E-state index in [2.05, 4.69) is 15.5 Å². The highest BCUT2D eigenvalue weighted by Crippen LogP contribution is 2.26. The summed E-state index contributed by atoms with van der Waals surface area (Å²) in [5.41, 5.74) is 2.60. The summed E-state index contributed by atoms with van der Waals surface area (Å²) < 4.78 is 1.88. The summed E-state index contributed by atoms with van der Waals surface area (Å²) >= 11 is 1.36. The molecule has 6 heteroatoms. The van der Waals surface area contributed by atoms with Gasteiger partial charge < -0.3 is 4.57 Å². The van der Waals surface area contributed by atoms with Crippen LogP contribution in [-0.2, 0) is 7.05 Å². The molecule has 0 unspecified atom stereocenters. The number of aryl methyl sites for hydroxylation is 1. The summed E-state index contributed by atoms with van der Waals surface area (Å²) in [5, 5.41) is 13.4. The Balaban J connectivity index is 1.60. The average molecular weight is 334 g/mol. The van der Waals surface area contributed by atoms with Crippen LogP contribution in [0.3, 0.4) is 0 Å². The van der Waals surface area contributed by atoms with Gasteiger partial charge in [0.05, 0.1) is 0 Å². The average Bonchev–Trinajstić information content (AvgIpc) is 3.21. The topological polar surface area (TPSA) is 59.8 Å². The highest BCUT2D eigenvalue weighted by atomic mass is 32.1. The molecule has 24 heavy (non-hydrogen) atoms. The highest BCUT2D eigenvalue weighted by molar-refractivity contribution is 7.18. The number of carbonyl (C=O) groups excluding carboxylic acids is 1. The Hall–Kier alpha value is -2.99. The van der Waals surface area contributed by atoms with Gasteiger partial charge in [0.15, 0.2) is 0 Å². The number of fused-ring (bicyclic) bond motifs is 1. The van der Waals surface area contributed by atoms with E-state index in [1.165, 1.54) is 11.3 Å². The number of anilines is 1. The third-order valence-corrected chi connectivity index (χ3v) is 4.74. The van der Waals surface area contributed by atoms with Crippen molar-refractivity contribution in [3.63, 3.8) is 0 Å². The molecule has 4 aromatic rings. The fourth-order valence-electron chi connectivity index (χ4n) is 2.64. The van der Waals surface area contributed by atoms with Gasteiger partial charge in [0.25, 0.3) is 5.91 Å². The second kappa shape index (κ2) is 5.90. The van der Waals surface area contributed by atoms with E-state index in [4.69, 9.17) is 0 Å². The minimum Gasteiger partial charge on any atom is -0.340 e. The van der Waals surface area contributed by atoms with Gasteiger partial charge in [0, 0.05) is 23.5 Å². The normalized spacial score (nSPS) is 10.9. The van der Waals surface area contributed by atoms with Crippen LogP contribution in [0.2, 0.25) is 0 Å². The summed E-state index contributed by atoms with van der Waals surface area (Å²) in [5.74, 6) is -0.190.